The summed E-state index contributed by atoms with van der Waals surface area (Å²) in [6.45, 7) is 0.0119. The molecule has 1 amide bonds. The van der Waals surface area contributed by atoms with Gasteiger partial charge in [0, 0.05) is 12.8 Å². The predicted molar refractivity (Wildman–Crippen MR) is 63.3 cm³/mol. The fourth-order valence-corrected chi connectivity index (χ4v) is 2.25. The number of aromatic carboxylic acids is 1. The highest BCUT2D eigenvalue weighted by molar-refractivity contribution is 7.90. The van der Waals surface area contributed by atoms with Gasteiger partial charge in [-0.05, 0) is 12.1 Å². The number of carboxylic acid groups (broad SMARTS) is 1. The summed E-state index contributed by atoms with van der Waals surface area (Å²) in [6.07, 6.45) is 1.08. The minimum Gasteiger partial charge on any atom is -0.477 e. The van der Waals surface area contributed by atoms with Crippen LogP contribution in [0.4, 0.5) is 0 Å². The average Bonchev–Trinajstić information content (AvgIpc) is 2.63. The molecule has 0 atom stereocenters. The van der Waals surface area contributed by atoms with Crippen LogP contribution in [0.5, 0.6) is 0 Å². The van der Waals surface area contributed by atoms with E-state index in [-0.39, 0.29) is 22.1 Å². The highest BCUT2D eigenvalue weighted by Crippen LogP contribution is 2.15. The second kappa shape index (κ2) is 5.28. The quantitative estimate of drug-likeness (QED) is 0.802. The number of hydrogen-bond acceptors (Lipinski definition) is 5. The van der Waals surface area contributed by atoms with Gasteiger partial charge >= 0.3 is 5.97 Å². The van der Waals surface area contributed by atoms with Gasteiger partial charge < -0.3 is 10.4 Å². The van der Waals surface area contributed by atoms with E-state index < -0.39 is 21.7 Å². The molecular formula is C9H11NO5S2. The summed E-state index contributed by atoms with van der Waals surface area (Å²) in [4.78, 5) is 22.4. The van der Waals surface area contributed by atoms with Gasteiger partial charge in [0.15, 0.2) is 0 Å². The van der Waals surface area contributed by atoms with E-state index >= 15 is 0 Å². The van der Waals surface area contributed by atoms with Crippen LogP contribution in [0.3, 0.4) is 0 Å². The van der Waals surface area contributed by atoms with E-state index in [4.69, 9.17) is 5.11 Å². The summed E-state index contributed by atoms with van der Waals surface area (Å²) in [5.74, 6) is -1.70. The number of carboxylic acids is 1. The van der Waals surface area contributed by atoms with Crippen molar-refractivity contribution in [2.75, 3.05) is 18.6 Å². The Morgan fingerprint density at radius 2 is 1.94 bits per heavy atom. The van der Waals surface area contributed by atoms with Crippen LogP contribution < -0.4 is 5.32 Å². The van der Waals surface area contributed by atoms with E-state index in [0.29, 0.717) is 0 Å². The molecule has 0 aromatic carbocycles. The van der Waals surface area contributed by atoms with Gasteiger partial charge in [0.05, 0.1) is 10.6 Å². The molecule has 6 nitrogen and oxygen atoms in total. The summed E-state index contributed by atoms with van der Waals surface area (Å²) < 4.78 is 21.6. The number of rotatable bonds is 5. The van der Waals surface area contributed by atoms with Gasteiger partial charge in [0.1, 0.15) is 14.7 Å². The average molecular weight is 277 g/mol. The third kappa shape index (κ3) is 4.53. The molecule has 0 aliphatic heterocycles. The number of hydrogen-bond donors (Lipinski definition) is 2. The van der Waals surface area contributed by atoms with Gasteiger partial charge in [0.25, 0.3) is 5.91 Å². The van der Waals surface area contributed by atoms with Gasteiger partial charge in [-0.2, -0.15) is 0 Å². The third-order valence-electron chi connectivity index (χ3n) is 1.80. The van der Waals surface area contributed by atoms with Crippen molar-refractivity contribution in [3.8, 4) is 0 Å². The molecule has 0 bridgehead atoms. The van der Waals surface area contributed by atoms with Crippen molar-refractivity contribution in [3.63, 3.8) is 0 Å². The molecule has 0 fully saturated rings. The Bertz CT molecular complexity index is 531. The summed E-state index contributed by atoms with van der Waals surface area (Å²) in [5, 5.41) is 11.1. The van der Waals surface area contributed by atoms with Gasteiger partial charge in [-0.3, -0.25) is 4.79 Å². The molecule has 1 heterocycles. The van der Waals surface area contributed by atoms with E-state index in [0.717, 1.165) is 17.6 Å². The van der Waals surface area contributed by atoms with Crippen molar-refractivity contribution >= 4 is 33.1 Å². The number of thiophene rings is 1. The largest absolute Gasteiger partial charge is 0.477 e. The smallest absolute Gasteiger partial charge is 0.345 e. The lowest BCUT2D eigenvalue weighted by Crippen LogP contribution is -2.28. The SMILES string of the molecule is CS(=O)(=O)CCNC(=O)c1ccc(C(=O)O)s1. The Balaban J connectivity index is 2.55. The zero-order valence-electron chi connectivity index (χ0n) is 8.97. The Kier molecular flexibility index (Phi) is 4.24. The molecule has 94 valence electrons. The molecule has 1 aromatic rings. The first-order chi connectivity index (χ1) is 7.79. The Labute approximate surface area is 102 Å². The lowest BCUT2D eigenvalue weighted by Gasteiger charge is -2.01. The minimum absolute atomic E-state index is 0.0119. The predicted octanol–water partition coefficient (Wildman–Crippen LogP) is 0.221. The van der Waals surface area contributed by atoms with Crippen molar-refractivity contribution < 1.29 is 23.1 Å². The second-order valence-electron chi connectivity index (χ2n) is 3.35. The Hall–Kier alpha value is -1.41. The summed E-state index contributed by atoms with van der Waals surface area (Å²) in [5.41, 5.74) is 0. The van der Waals surface area contributed by atoms with E-state index in [2.05, 4.69) is 5.32 Å². The Morgan fingerprint density at radius 3 is 2.41 bits per heavy atom. The summed E-state index contributed by atoms with van der Waals surface area (Å²) in [7, 11) is -3.12. The molecule has 0 aliphatic rings. The lowest BCUT2D eigenvalue weighted by atomic mass is 10.4. The van der Waals surface area contributed by atoms with Crippen LogP contribution in [-0.2, 0) is 9.84 Å². The second-order valence-corrected chi connectivity index (χ2v) is 6.70. The van der Waals surface area contributed by atoms with E-state index in [1.165, 1.54) is 12.1 Å². The fourth-order valence-electron chi connectivity index (χ4n) is 1.01. The molecule has 8 heteroatoms. The van der Waals surface area contributed by atoms with E-state index in [1.54, 1.807) is 0 Å². The standard InChI is InChI=1S/C9H11NO5S2/c1-17(14,15)5-4-10-8(11)6-2-3-7(16-6)9(12)13/h2-3H,4-5H2,1H3,(H,10,11)(H,12,13). The van der Waals surface area contributed by atoms with E-state index in [1.807, 2.05) is 0 Å². The van der Waals surface area contributed by atoms with Crippen LogP contribution in [0.1, 0.15) is 19.3 Å². The molecule has 0 saturated carbocycles. The fraction of sp³-hybridized carbons (Fsp3) is 0.333. The number of amides is 1. The molecule has 0 unspecified atom stereocenters. The summed E-state index contributed by atoms with van der Waals surface area (Å²) in [6, 6.07) is 2.72. The van der Waals surface area contributed by atoms with Crippen molar-refractivity contribution in [2.24, 2.45) is 0 Å². The van der Waals surface area contributed by atoms with Crippen molar-refractivity contribution in [1.82, 2.24) is 5.32 Å². The first-order valence-electron chi connectivity index (χ1n) is 4.58. The van der Waals surface area contributed by atoms with Crippen LogP contribution in [0.15, 0.2) is 12.1 Å². The molecule has 1 rings (SSSR count). The highest BCUT2D eigenvalue weighted by atomic mass is 32.2. The van der Waals surface area contributed by atoms with Crippen LogP contribution in [0.2, 0.25) is 0 Å². The van der Waals surface area contributed by atoms with Crippen LogP contribution in [-0.4, -0.2) is 44.0 Å². The first kappa shape index (κ1) is 13.7. The van der Waals surface area contributed by atoms with E-state index in [9.17, 15) is 18.0 Å². The molecule has 0 radical (unpaired) electrons. The van der Waals surface area contributed by atoms with Gasteiger partial charge in [-0.15, -0.1) is 11.3 Å². The molecule has 0 aliphatic carbocycles. The number of sulfone groups is 1. The van der Waals surface area contributed by atoms with Gasteiger partial charge in [0.2, 0.25) is 0 Å². The van der Waals surface area contributed by atoms with Gasteiger partial charge in [-0.1, -0.05) is 0 Å². The topological polar surface area (TPSA) is 101 Å². The third-order valence-corrected chi connectivity index (χ3v) is 3.82. The van der Waals surface area contributed by atoms with Crippen molar-refractivity contribution in [1.29, 1.82) is 0 Å². The highest BCUT2D eigenvalue weighted by Gasteiger charge is 2.13. The maximum atomic E-state index is 11.5. The first-order valence-corrected chi connectivity index (χ1v) is 7.46. The maximum Gasteiger partial charge on any atom is 0.345 e. The number of carbonyl (C=O) groups excluding carboxylic acids is 1. The zero-order valence-corrected chi connectivity index (χ0v) is 10.6. The van der Waals surface area contributed by atoms with Gasteiger partial charge in [-0.25, -0.2) is 13.2 Å². The number of nitrogens with one attached hydrogen (secondary N) is 1. The minimum atomic E-state index is -3.12. The zero-order chi connectivity index (χ0) is 13.1. The van der Waals surface area contributed by atoms with Crippen LogP contribution in [0, 0.1) is 0 Å². The maximum absolute atomic E-state index is 11.5. The molecule has 2 N–H and O–H groups in total. The Morgan fingerprint density at radius 1 is 1.35 bits per heavy atom. The molecule has 1 aromatic heterocycles. The van der Waals surface area contributed by atoms with Crippen LogP contribution >= 0.6 is 11.3 Å². The monoisotopic (exact) mass is 277 g/mol. The molecule has 17 heavy (non-hydrogen) atoms. The summed E-state index contributed by atoms with van der Waals surface area (Å²) >= 11 is 0.846. The van der Waals surface area contributed by atoms with Crippen molar-refractivity contribution in [3.05, 3.63) is 21.9 Å². The van der Waals surface area contributed by atoms with Crippen LogP contribution in [0.25, 0.3) is 0 Å². The normalized spacial score (nSPS) is 11.1. The molecule has 0 saturated heterocycles. The van der Waals surface area contributed by atoms with Crippen molar-refractivity contribution in [2.45, 2.75) is 0 Å². The molecule has 0 spiro atoms. The number of carbonyl (C=O) groups is 2. The molecular weight excluding hydrogens is 266 g/mol. The lowest BCUT2D eigenvalue weighted by molar-refractivity contribution is 0.0702.